The topological polar surface area (TPSA) is 81.0 Å². The van der Waals surface area contributed by atoms with Crippen LogP contribution < -0.4 is 5.32 Å². The fraction of sp³-hybridized carbons (Fsp3) is 0.0667. The van der Waals surface area contributed by atoms with Crippen LogP contribution >= 0.6 is 0 Å². The zero-order valence-corrected chi connectivity index (χ0v) is 11.1. The van der Waals surface area contributed by atoms with Crippen LogP contribution in [0.25, 0.3) is 10.9 Å². The third kappa shape index (κ3) is 2.64. The number of hydrogen-bond acceptors (Lipinski definition) is 5. The number of hydrogen-bond donors (Lipinski definition) is 1. The molecule has 0 atom stereocenters. The predicted molar refractivity (Wildman–Crippen MR) is 80.0 cm³/mol. The maximum atomic E-state index is 11.2. The molecule has 0 radical (unpaired) electrons. The van der Waals surface area contributed by atoms with E-state index < -0.39 is 4.92 Å². The van der Waals surface area contributed by atoms with Gasteiger partial charge in [0.05, 0.1) is 22.7 Å². The van der Waals surface area contributed by atoms with E-state index in [2.05, 4.69) is 15.3 Å². The number of nitrogens with zero attached hydrogens (tertiary/aromatic N) is 3. The summed E-state index contributed by atoms with van der Waals surface area (Å²) in [5.41, 5.74) is 1.96. The molecule has 3 aromatic rings. The predicted octanol–water partition coefficient (Wildman–Crippen LogP) is 3.15. The molecular formula is C15H12N4O2. The van der Waals surface area contributed by atoms with Gasteiger partial charge in [-0.15, -0.1) is 0 Å². The molecule has 104 valence electrons. The normalized spacial score (nSPS) is 10.5. The van der Waals surface area contributed by atoms with Crippen molar-refractivity contribution in [3.05, 3.63) is 70.7 Å². The van der Waals surface area contributed by atoms with E-state index in [9.17, 15) is 10.1 Å². The van der Waals surface area contributed by atoms with Gasteiger partial charge in [-0.3, -0.25) is 15.1 Å². The first-order valence-electron chi connectivity index (χ1n) is 6.41. The van der Waals surface area contributed by atoms with Crippen molar-refractivity contribution in [3.63, 3.8) is 0 Å². The maximum absolute atomic E-state index is 11.2. The van der Waals surface area contributed by atoms with Crippen LogP contribution in [0.2, 0.25) is 0 Å². The lowest BCUT2D eigenvalue weighted by molar-refractivity contribution is -0.384. The number of fused-ring (bicyclic) bond motifs is 1. The van der Waals surface area contributed by atoms with E-state index in [0.29, 0.717) is 17.7 Å². The molecule has 0 saturated carbocycles. The molecule has 6 heteroatoms. The zero-order chi connectivity index (χ0) is 14.7. The van der Waals surface area contributed by atoms with Gasteiger partial charge >= 0.3 is 5.69 Å². The van der Waals surface area contributed by atoms with E-state index in [1.54, 1.807) is 6.20 Å². The van der Waals surface area contributed by atoms with Crippen molar-refractivity contribution in [1.82, 2.24) is 9.97 Å². The molecule has 0 fully saturated rings. The molecule has 0 aliphatic rings. The van der Waals surface area contributed by atoms with Crippen molar-refractivity contribution in [1.29, 1.82) is 0 Å². The molecule has 0 spiro atoms. The second-order valence-electron chi connectivity index (χ2n) is 4.47. The number of para-hydroxylation sites is 1. The summed E-state index contributed by atoms with van der Waals surface area (Å²) in [7, 11) is 0. The van der Waals surface area contributed by atoms with Gasteiger partial charge in [0.1, 0.15) is 11.9 Å². The van der Waals surface area contributed by atoms with Crippen molar-refractivity contribution in [2.45, 2.75) is 6.54 Å². The van der Waals surface area contributed by atoms with Gasteiger partial charge in [-0.1, -0.05) is 24.3 Å². The smallest absolute Gasteiger partial charge is 0.311 e. The van der Waals surface area contributed by atoms with Gasteiger partial charge in [-0.25, -0.2) is 4.98 Å². The summed E-state index contributed by atoms with van der Waals surface area (Å²) in [6.07, 6.45) is 2.97. The third-order valence-electron chi connectivity index (χ3n) is 3.12. The Labute approximate surface area is 120 Å². The van der Waals surface area contributed by atoms with E-state index in [0.717, 1.165) is 11.1 Å². The fourth-order valence-corrected chi connectivity index (χ4v) is 2.14. The molecule has 21 heavy (non-hydrogen) atoms. The summed E-state index contributed by atoms with van der Waals surface area (Å²) >= 11 is 0. The highest BCUT2D eigenvalue weighted by Gasteiger charge is 2.17. The Morgan fingerprint density at radius 3 is 2.67 bits per heavy atom. The summed E-state index contributed by atoms with van der Waals surface area (Å²) in [4.78, 5) is 19.1. The van der Waals surface area contributed by atoms with E-state index in [1.807, 2.05) is 42.5 Å². The average Bonchev–Trinajstić information content (AvgIpc) is 2.53. The van der Waals surface area contributed by atoms with E-state index >= 15 is 0 Å². The molecule has 3 rings (SSSR count). The SMILES string of the molecule is O=[N+]([O-])c1cnc2ccccc2c1NCc1ccccn1. The first-order valence-corrected chi connectivity index (χ1v) is 6.41. The van der Waals surface area contributed by atoms with Crippen molar-refractivity contribution < 1.29 is 4.92 Å². The number of nitro groups is 1. The Morgan fingerprint density at radius 2 is 1.90 bits per heavy atom. The van der Waals surface area contributed by atoms with Gasteiger partial charge < -0.3 is 5.32 Å². The second kappa shape index (κ2) is 5.54. The lowest BCUT2D eigenvalue weighted by atomic mass is 10.1. The number of rotatable bonds is 4. The van der Waals surface area contributed by atoms with Gasteiger partial charge in [0.2, 0.25) is 0 Å². The number of benzene rings is 1. The summed E-state index contributed by atoms with van der Waals surface area (Å²) < 4.78 is 0. The van der Waals surface area contributed by atoms with Crippen molar-refractivity contribution in [2.24, 2.45) is 0 Å². The highest BCUT2D eigenvalue weighted by atomic mass is 16.6. The highest BCUT2D eigenvalue weighted by Crippen LogP contribution is 2.31. The lowest BCUT2D eigenvalue weighted by Crippen LogP contribution is -2.05. The lowest BCUT2D eigenvalue weighted by Gasteiger charge is -2.09. The van der Waals surface area contributed by atoms with Gasteiger partial charge in [-0.2, -0.15) is 0 Å². The monoisotopic (exact) mass is 280 g/mol. The van der Waals surface area contributed by atoms with Gasteiger partial charge in [-0.05, 0) is 18.2 Å². The Morgan fingerprint density at radius 1 is 1.10 bits per heavy atom. The molecule has 0 bridgehead atoms. The van der Waals surface area contributed by atoms with Crippen LogP contribution in [0.3, 0.4) is 0 Å². The summed E-state index contributed by atoms with van der Waals surface area (Å²) in [6.45, 7) is 0.412. The van der Waals surface area contributed by atoms with Crippen molar-refractivity contribution in [3.8, 4) is 0 Å². The number of aromatic nitrogens is 2. The van der Waals surface area contributed by atoms with Gasteiger partial charge in [0.25, 0.3) is 0 Å². The van der Waals surface area contributed by atoms with Crippen LogP contribution in [0.4, 0.5) is 11.4 Å². The summed E-state index contributed by atoms with van der Waals surface area (Å²) in [5, 5.41) is 15.0. The Kier molecular flexibility index (Phi) is 3.42. The zero-order valence-electron chi connectivity index (χ0n) is 11.1. The van der Waals surface area contributed by atoms with E-state index in [1.165, 1.54) is 6.20 Å². The molecule has 0 saturated heterocycles. The Bertz CT molecular complexity index is 790. The van der Waals surface area contributed by atoms with E-state index in [4.69, 9.17) is 0 Å². The molecule has 0 aliphatic carbocycles. The molecule has 1 N–H and O–H groups in total. The Balaban J connectivity index is 2.02. The summed E-state index contributed by atoms with van der Waals surface area (Å²) in [6, 6.07) is 12.9. The van der Waals surface area contributed by atoms with Crippen LogP contribution in [0, 0.1) is 10.1 Å². The molecule has 1 aromatic carbocycles. The number of anilines is 1. The minimum Gasteiger partial charge on any atom is -0.373 e. The quantitative estimate of drug-likeness (QED) is 0.586. The molecule has 2 heterocycles. The molecule has 0 aliphatic heterocycles. The van der Waals surface area contributed by atoms with Gasteiger partial charge in [0, 0.05) is 11.6 Å². The number of nitrogens with one attached hydrogen (secondary N) is 1. The molecular weight excluding hydrogens is 268 g/mol. The van der Waals surface area contributed by atoms with Crippen molar-refractivity contribution >= 4 is 22.3 Å². The van der Waals surface area contributed by atoms with E-state index in [-0.39, 0.29) is 5.69 Å². The number of pyridine rings is 2. The summed E-state index contributed by atoms with van der Waals surface area (Å²) in [5.74, 6) is 0. The van der Waals surface area contributed by atoms with Gasteiger partial charge in [0.15, 0.2) is 0 Å². The van der Waals surface area contributed by atoms with Crippen molar-refractivity contribution in [2.75, 3.05) is 5.32 Å². The van der Waals surface area contributed by atoms with Crippen LogP contribution in [0.15, 0.2) is 54.9 Å². The fourth-order valence-electron chi connectivity index (χ4n) is 2.14. The van der Waals surface area contributed by atoms with Crippen LogP contribution in [0.5, 0.6) is 0 Å². The average molecular weight is 280 g/mol. The largest absolute Gasteiger partial charge is 0.373 e. The molecule has 2 aromatic heterocycles. The van der Waals surface area contributed by atoms with Crippen LogP contribution in [-0.2, 0) is 6.54 Å². The standard InChI is InChI=1S/C15H12N4O2/c20-19(21)14-10-17-13-7-2-1-6-12(13)15(14)18-9-11-5-3-4-8-16-11/h1-8,10H,9H2,(H,17,18). The first-order chi connectivity index (χ1) is 10.3. The molecule has 0 unspecified atom stereocenters. The molecule has 6 nitrogen and oxygen atoms in total. The minimum atomic E-state index is -0.430. The second-order valence-corrected chi connectivity index (χ2v) is 4.47. The minimum absolute atomic E-state index is 0.0374. The molecule has 0 amide bonds. The van der Waals surface area contributed by atoms with Crippen LogP contribution in [0.1, 0.15) is 5.69 Å². The third-order valence-corrected chi connectivity index (χ3v) is 3.12. The first kappa shape index (κ1) is 13.0. The maximum Gasteiger partial charge on any atom is 0.311 e. The highest BCUT2D eigenvalue weighted by molar-refractivity contribution is 5.95. The van der Waals surface area contributed by atoms with Crippen LogP contribution in [-0.4, -0.2) is 14.9 Å². The Hall–Kier alpha value is -3.02.